The van der Waals surface area contributed by atoms with E-state index in [1.807, 2.05) is 12.1 Å². The molecule has 3 N–H and O–H groups in total. The maximum absolute atomic E-state index is 12.7. The van der Waals surface area contributed by atoms with Gasteiger partial charge in [-0.2, -0.15) is 0 Å². The molecule has 3 rings (SSSR count). The van der Waals surface area contributed by atoms with Gasteiger partial charge in [-0.15, -0.1) is 12.4 Å². The highest BCUT2D eigenvalue weighted by Gasteiger charge is 2.31. The molecule has 1 heterocycles. The van der Waals surface area contributed by atoms with Crippen molar-refractivity contribution in [1.82, 2.24) is 9.71 Å². The molecule has 1 aliphatic carbocycles. The van der Waals surface area contributed by atoms with E-state index in [1.165, 1.54) is 0 Å². The number of para-hydroxylation sites is 1. The average molecular weight is 342 g/mol. The van der Waals surface area contributed by atoms with E-state index < -0.39 is 10.0 Å². The zero-order valence-corrected chi connectivity index (χ0v) is 13.7. The van der Waals surface area contributed by atoms with Crippen LogP contribution in [0.3, 0.4) is 0 Å². The monoisotopic (exact) mass is 341 g/mol. The van der Waals surface area contributed by atoms with Crippen LogP contribution in [-0.2, 0) is 10.0 Å². The van der Waals surface area contributed by atoms with Gasteiger partial charge in [0.2, 0.25) is 10.0 Å². The number of halogens is 1. The number of benzene rings is 1. The molecule has 1 saturated carbocycles. The molecule has 1 aromatic carbocycles. The smallest absolute Gasteiger partial charge is 0.242 e. The maximum Gasteiger partial charge on any atom is 0.242 e. The minimum atomic E-state index is -3.58. The number of rotatable bonds is 4. The lowest BCUT2D eigenvalue weighted by molar-refractivity contribution is 0.453. The fourth-order valence-electron chi connectivity index (χ4n) is 3.03. The number of hydrogen-bond donors (Lipinski definition) is 2. The highest BCUT2D eigenvalue weighted by molar-refractivity contribution is 7.89. The zero-order chi connectivity index (χ0) is 14.9. The molecule has 2 aromatic rings. The van der Waals surface area contributed by atoms with Crippen LogP contribution in [0.1, 0.15) is 19.3 Å². The van der Waals surface area contributed by atoms with E-state index in [0.29, 0.717) is 12.1 Å². The van der Waals surface area contributed by atoms with Gasteiger partial charge in [0.15, 0.2) is 0 Å². The van der Waals surface area contributed by atoms with Crippen LogP contribution in [0.4, 0.5) is 0 Å². The Morgan fingerprint density at radius 1 is 1.23 bits per heavy atom. The van der Waals surface area contributed by atoms with Crippen molar-refractivity contribution < 1.29 is 8.42 Å². The lowest BCUT2D eigenvalue weighted by atomic mass is 10.1. The SMILES string of the molecule is Cl.NCC1CCCC1NS(=O)(=O)c1cccc2cccnc12. The van der Waals surface area contributed by atoms with Crippen LogP contribution in [0.5, 0.6) is 0 Å². The van der Waals surface area contributed by atoms with Crippen molar-refractivity contribution in [3.05, 3.63) is 36.5 Å². The van der Waals surface area contributed by atoms with Gasteiger partial charge in [0.1, 0.15) is 4.90 Å². The summed E-state index contributed by atoms with van der Waals surface area (Å²) in [6, 6.07) is 8.80. The summed E-state index contributed by atoms with van der Waals surface area (Å²) in [5.41, 5.74) is 6.23. The van der Waals surface area contributed by atoms with E-state index in [0.717, 1.165) is 24.6 Å². The number of fused-ring (bicyclic) bond motifs is 1. The van der Waals surface area contributed by atoms with Gasteiger partial charge < -0.3 is 5.73 Å². The number of pyridine rings is 1. The van der Waals surface area contributed by atoms with Crippen molar-refractivity contribution in [1.29, 1.82) is 0 Å². The Labute approximate surface area is 136 Å². The van der Waals surface area contributed by atoms with Gasteiger partial charge in [-0.25, -0.2) is 13.1 Å². The Balaban J connectivity index is 0.00000176. The molecule has 5 nitrogen and oxygen atoms in total. The number of nitrogens with two attached hydrogens (primary N) is 1. The van der Waals surface area contributed by atoms with Crippen LogP contribution < -0.4 is 10.5 Å². The van der Waals surface area contributed by atoms with Gasteiger partial charge in [-0.05, 0) is 37.4 Å². The van der Waals surface area contributed by atoms with Crippen LogP contribution in [0.25, 0.3) is 10.9 Å². The minimum absolute atomic E-state index is 0. The predicted molar refractivity (Wildman–Crippen MR) is 89.5 cm³/mol. The summed E-state index contributed by atoms with van der Waals surface area (Å²) < 4.78 is 28.2. The Morgan fingerprint density at radius 3 is 2.77 bits per heavy atom. The Morgan fingerprint density at radius 2 is 2.00 bits per heavy atom. The molecular weight excluding hydrogens is 322 g/mol. The van der Waals surface area contributed by atoms with Gasteiger partial charge in [0.25, 0.3) is 0 Å². The largest absolute Gasteiger partial charge is 0.330 e. The summed E-state index contributed by atoms with van der Waals surface area (Å²) in [5.74, 6) is 0.225. The third-order valence-electron chi connectivity index (χ3n) is 4.15. The molecule has 0 aliphatic heterocycles. The van der Waals surface area contributed by atoms with Crippen LogP contribution in [0, 0.1) is 5.92 Å². The first-order valence-corrected chi connectivity index (χ1v) is 8.66. The van der Waals surface area contributed by atoms with Crippen LogP contribution in [0.2, 0.25) is 0 Å². The summed E-state index contributed by atoms with van der Waals surface area (Å²) in [7, 11) is -3.58. The standard InChI is InChI=1S/C15H19N3O2S.ClH/c16-10-12-5-1-7-13(12)18-21(19,20)14-8-2-4-11-6-3-9-17-15(11)14;/h2-4,6,8-9,12-13,18H,1,5,7,10,16H2;1H. The fraction of sp³-hybridized carbons (Fsp3) is 0.400. The number of aromatic nitrogens is 1. The van der Waals surface area contributed by atoms with Crippen molar-refractivity contribution in [2.24, 2.45) is 11.7 Å². The van der Waals surface area contributed by atoms with E-state index in [-0.39, 0.29) is 29.3 Å². The average Bonchev–Trinajstić information content (AvgIpc) is 2.93. The first kappa shape index (κ1) is 17.1. The molecule has 2 atom stereocenters. The lowest BCUT2D eigenvalue weighted by Crippen LogP contribution is -2.39. The predicted octanol–water partition coefficient (Wildman–Crippen LogP) is 2.06. The Hall–Kier alpha value is -1.21. The molecule has 2 unspecified atom stereocenters. The van der Waals surface area contributed by atoms with Gasteiger partial charge >= 0.3 is 0 Å². The van der Waals surface area contributed by atoms with E-state index in [1.54, 1.807) is 24.4 Å². The van der Waals surface area contributed by atoms with Crippen LogP contribution in [-0.4, -0.2) is 26.0 Å². The van der Waals surface area contributed by atoms with Crippen molar-refractivity contribution in [2.45, 2.75) is 30.2 Å². The van der Waals surface area contributed by atoms with Crippen molar-refractivity contribution in [3.63, 3.8) is 0 Å². The topological polar surface area (TPSA) is 85.1 Å². The fourth-order valence-corrected chi connectivity index (χ4v) is 4.55. The van der Waals surface area contributed by atoms with E-state index in [4.69, 9.17) is 5.73 Å². The number of hydrogen-bond acceptors (Lipinski definition) is 4. The van der Waals surface area contributed by atoms with Gasteiger partial charge in [0, 0.05) is 17.6 Å². The molecule has 1 aliphatic rings. The Kier molecular flexibility index (Phi) is 5.39. The second-order valence-electron chi connectivity index (χ2n) is 5.49. The number of nitrogens with one attached hydrogen (secondary N) is 1. The minimum Gasteiger partial charge on any atom is -0.330 e. The Bertz CT molecular complexity index is 746. The second kappa shape index (κ2) is 6.91. The summed E-state index contributed by atoms with van der Waals surface area (Å²) >= 11 is 0. The summed E-state index contributed by atoms with van der Waals surface area (Å²) in [5, 5.41) is 0.821. The first-order chi connectivity index (χ1) is 10.1. The molecule has 0 amide bonds. The molecule has 0 radical (unpaired) electrons. The molecule has 0 spiro atoms. The summed E-state index contributed by atoms with van der Waals surface area (Å²) in [6.45, 7) is 0.515. The molecule has 120 valence electrons. The third-order valence-corrected chi connectivity index (χ3v) is 5.68. The van der Waals surface area contributed by atoms with Gasteiger partial charge in [-0.1, -0.05) is 24.6 Å². The van der Waals surface area contributed by atoms with Gasteiger partial charge in [0.05, 0.1) is 5.52 Å². The first-order valence-electron chi connectivity index (χ1n) is 7.18. The quantitative estimate of drug-likeness (QED) is 0.891. The van der Waals surface area contributed by atoms with Crippen molar-refractivity contribution in [3.8, 4) is 0 Å². The third kappa shape index (κ3) is 3.25. The van der Waals surface area contributed by atoms with Crippen LogP contribution >= 0.6 is 12.4 Å². The molecular formula is C15H20ClN3O2S. The molecule has 0 saturated heterocycles. The lowest BCUT2D eigenvalue weighted by Gasteiger charge is -2.19. The second-order valence-corrected chi connectivity index (χ2v) is 7.17. The number of sulfonamides is 1. The van der Waals surface area contributed by atoms with E-state index in [9.17, 15) is 8.42 Å². The number of nitrogens with zero attached hydrogens (tertiary/aromatic N) is 1. The maximum atomic E-state index is 12.7. The normalized spacial score (nSPS) is 21.7. The molecule has 1 aromatic heterocycles. The highest BCUT2D eigenvalue weighted by atomic mass is 35.5. The molecule has 22 heavy (non-hydrogen) atoms. The van der Waals surface area contributed by atoms with Gasteiger partial charge in [-0.3, -0.25) is 4.98 Å². The summed E-state index contributed by atoms with van der Waals surface area (Å²) in [6.07, 6.45) is 4.46. The highest BCUT2D eigenvalue weighted by Crippen LogP contribution is 2.27. The molecule has 7 heteroatoms. The van der Waals surface area contributed by atoms with Crippen LogP contribution in [0.15, 0.2) is 41.4 Å². The summed E-state index contributed by atoms with van der Waals surface area (Å²) in [4.78, 5) is 4.46. The zero-order valence-electron chi connectivity index (χ0n) is 12.1. The van der Waals surface area contributed by atoms with E-state index >= 15 is 0 Å². The van der Waals surface area contributed by atoms with Crippen molar-refractivity contribution in [2.75, 3.05) is 6.54 Å². The van der Waals surface area contributed by atoms with Crippen molar-refractivity contribution >= 4 is 33.3 Å². The van der Waals surface area contributed by atoms with E-state index in [2.05, 4.69) is 9.71 Å². The molecule has 0 bridgehead atoms. The molecule has 1 fully saturated rings.